The molecule has 5 heteroatoms. The third kappa shape index (κ3) is 5.51. The highest BCUT2D eigenvalue weighted by molar-refractivity contribution is 5.36. The second-order valence-corrected chi connectivity index (χ2v) is 7.69. The Balaban J connectivity index is 1.44. The van der Waals surface area contributed by atoms with Gasteiger partial charge in [-0.1, -0.05) is 19.8 Å². The van der Waals surface area contributed by atoms with Gasteiger partial charge in [-0.3, -0.25) is 0 Å². The molecule has 0 saturated heterocycles. The van der Waals surface area contributed by atoms with Crippen molar-refractivity contribution < 1.29 is 9.13 Å². The Kier molecular flexibility index (Phi) is 7.36. The van der Waals surface area contributed by atoms with Gasteiger partial charge in [-0.05, 0) is 62.1 Å². The summed E-state index contributed by atoms with van der Waals surface area (Å²) in [4.78, 5) is 9.23. The zero-order valence-corrected chi connectivity index (χ0v) is 16.5. The average molecular weight is 381 g/mol. The number of aromatic nitrogens is 2. The molecule has 3 rings (SSSR count). The minimum Gasteiger partial charge on any atom is -0.493 e. The Hall–Kier alpha value is -2.48. The Bertz CT molecular complexity index is 792. The van der Waals surface area contributed by atoms with Gasteiger partial charge in [0.25, 0.3) is 0 Å². The summed E-state index contributed by atoms with van der Waals surface area (Å²) in [6.45, 7) is 2.79. The van der Waals surface area contributed by atoms with E-state index in [9.17, 15) is 4.39 Å². The van der Waals surface area contributed by atoms with Crippen molar-refractivity contribution >= 4 is 0 Å². The highest BCUT2D eigenvalue weighted by atomic mass is 19.1. The van der Waals surface area contributed by atoms with E-state index in [0.717, 1.165) is 37.9 Å². The maximum atomic E-state index is 13.7. The number of rotatable bonds is 8. The number of nitrogens with zero attached hydrogens (tertiary/aromatic N) is 3. The van der Waals surface area contributed by atoms with E-state index in [2.05, 4.69) is 16.9 Å². The van der Waals surface area contributed by atoms with Gasteiger partial charge in [0.05, 0.1) is 12.2 Å². The summed E-state index contributed by atoms with van der Waals surface area (Å²) in [7, 11) is 0. The van der Waals surface area contributed by atoms with Crippen LogP contribution in [-0.2, 0) is 6.42 Å². The predicted molar refractivity (Wildman–Crippen MR) is 107 cm³/mol. The molecule has 0 amide bonds. The molecule has 0 atom stereocenters. The first-order valence-electron chi connectivity index (χ1n) is 10.3. The van der Waals surface area contributed by atoms with Crippen LogP contribution in [0.1, 0.15) is 74.7 Å². The quantitative estimate of drug-likeness (QED) is 0.561. The standard InChI is InChI=1S/C23H28FN3O/c1-2-3-4-5-18-14-26-23(27-15-18)19-8-6-17(7-9-19)16-28-21-11-10-20(13-25)22(24)12-21/h10-12,14-15,17,19H,2-9,16H2,1H3/t17-,19-. The summed E-state index contributed by atoms with van der Waals surface area (Å²) >= 11 is 0. The van der Waals surface area contributed by atoms with Crippen LogP contribution in [0.5, 0.6) is 5.75 Å². The minimum absolute atomic E-state index is 0.0456. The molecular formula is C23H28FN3O. The first kappa shape index (κ1) is 20.3. The smallest absolute Gasteiger partial charge is 0.144 e. The number of hydrogen-bond acceptors (Lipinski definition) is 4. The van der Waals surface area contributed by atoms with Gasteiger partial charge >= 0.3 is 0 Å². The molecule has 1 saturated carbocycles. The van der Waals surface area contributed by atoms with E-state index < -0.39 is 5.82 Å². The number of halogens is 1. The van der Waals surface area contributed by atoms with Crippen LogP contribution >= 0.6 is 0 Å². The first-order chi connectivity index (χ1) is 13.7. The van der Waals surface area contributed by atoms with Crippen LogP contribution in [0.15, 0.2) is 30.6 Å². The van der Waals surface area contributed by atoms with Crippen LogP contribution in [0, 0.1) is 23.1 Å². The van der Waals surface area contributed by atoms with Gasteiger partial charge in [0, 0.05) is 24.4 Å². The molecule has 0 radical (unpaired) electrons. The van der Waals surface area contributed by atoms with Crippen LogP contribution in [0.2, 0.25) is 0 Å². The monoisotopic (exact) mass is 381 g/mol. The molecule has 2 aromatic rings. The third-order valence-corrected chi connectivity index (χ3v) is 5.55. The summed E-state index contributed by atoms with van der Waals surface area (Å²) in [5.41, 5.74) is 1.28. The van der Waals surface area contributed by atoms with Crippen molar-refractivity contribution in [3.8, 4) is 11.8 Å². The number of nitriles is 1. The van der Waals surface area contributed by atoms with E-state index in [0.29, 0.717) is 24.2 Å². The largest absolute Gasteiger partial charge is 0.493 e. The number of unbranched alkanes of at least 4 members (excludes halogenated alkanes) is 2. The lowest BCUT2D eigenvalue weighted by Gasteiger charge is -2.27. The molecule has 0 N–H and O–H groups in total. The molecule has 1 aromatic carbocycles. The topological polar surface area (TPSA) is 58.8 Å². The van der Waals surface area contributed by atoms with E-state index in [1.54, 1.807) is 6.07 Å². The highest BCUT2D eigenvalue weighted by Gasteiger charge is 2.24. The second kappa shape index (κ2) is 10.2. The Morgan fingerprint density at radius 2 is 1.89 bits per heavy atom. The lowest BCUT2D eigenvalue weighted by Crippen LogP contribution is -2.20. The molecule has 1 fully saturated rings. The number of ether oxygens (including phenoxy) is 1. The number of benzene rings is 1. The van der Waals surface area contributed by atoms with Crippen molar-refractivity contribution in [3.63, 3.8) is 0 Å². The maximum Gasteiger partial charge on any atom is 0.144 e. The summed E-state index contributed by atoms with van der Waals surface area (Å²) in [5.74, 6) is 1.81. The van der Waals surface area contributed by atoms with E-state index >= 15 is 0 Å². The fraction of sp³-hybridized carbons (Fsp3) is 0.522. The molecule has 1 aliphatic rings. The average Bonchev–Trinajstić information content (AvgIpc) is 2.73. The van der Waals surface area contributed by atoms with Crippen LogP contribution in [0.3, 0.4) is 0 Å². The molecule has 1 aromatic heterocycles. The summed E-state index contributed by atoms with van der Waals surface area (Å²) in [5, 5.41) is 8.78. The fourth-order valence-electron chi connectivity index (χ4n) is 3.76. The highest BCUT2D eigenvalue weighted by Crippen LogP contribution is 2.34. The summed E-state index contributed by atoms with van der Waals surface area (Å²) in [6, 6.07) is 6.23. The fourth-order valence-corrected chi connectivity index (χ4v) is 3.76. The van der Waals surface area contributed by atoms with E-state index in [1.165, 1.54) is 37.0 Å². The van der Waals surface area contributed by atoms with Crippen molar-refractivity contribution in [1.29, 1.82) is 5.26 Å². The number of aryl methyl sites for hydroxylation is 1. The van der Waals surface area contributed by atoms with E-state index in [1.807, 2.05) is 18.5 Å². The van der Waals surface area contributed by atoms with Crippen LogP contribution in [-0.4, -0.2) is 16.6 Å². The molecule has 1 heterocycles. The second-order valence-electron chi connectivity index (χ2n) is 7.69. The molecular weight excluding hydrogens is 353 g/mol. The molecule has 0 unspecified atom stereocenters. The van der Waals surface area contributed by atoms with Crippen molar-refractivity contribution in [2.45, 2.75) is 64.2 Å². The van der Waals surface area contributed by atoms with Gasteiger partial charge in [0.15, 0.2) is 0 Å². The van der Waals surface area contributed by atoms with Gasteiger partial charge in [0.1, 0.15) is 23.5 Å². The molecule has 148 valence electrons. The third-order valence-electron chi connectivity index (χ3n) is 5.55. The Morgan fingerprint density at radius 3 is 2.54 bits per heavy atom. The van der Waals surface area contributed by atoms with Crippen LogP contribution in [0.4, 0.5) is 4.39 Å². The lowest BCUT2D eigenvalue weighted by atomic mass is 9.82. The molecule has 28 heavy (non-hydrogen) atoms. The first-order valence-corrected chi connectivity index (χ1v) is 10.3. The zero-order valence-electron chi connectivity index (χ0n) is 16.5. The Labute approximate surface area is 166 Å². The maximum absolute atomic E-state index is 13.7. The van der Waals surface area contributed by atoms with Gasteiger partial charge in [-0.25, -0.2) is 14.4 Å². The van der Waals surface area contributed by atoms with Crippen molar-refractivity contribution in [2.75, 3.05) is 6.61 Å². The van der Waals surface area contributed by atoms with Gasteiger partial charge < -0.3 is 4.74 Å². The van der Waals surface area contributed by atoms with E-state index in [-0.39, 0.29) is 5.56 Å². The lowest BCUT2D eigenvalue weighted by molar-refractivity contribution is 0.197. The SMILES string of the molecule is CCCCCc1cnc([C@H]2CC[C@H](COc3ccc(C#N)c(F)c3)CC2)nc1. The summed E-state index contributed by atoms with van der Waals surface area (Å²) in [6.07, 6.45) is 13.0. The van der Waals surface area contributed by atoms with Crippen molar-refractivity contribution in [2.24, 2.45) is 5.92 Å². The minimum atomic E-state index is -0.529. The van der Waals surface area contributed by atoms with Gasteiger partial charge in [-0.15, -0.1) is 0 Å². The van der Waals surface area contributed by atoms with Gasteiger partial charge in [-0.2, -0.15) is 5.26 Å². The molecule has 0 spiro atoms. The van der Waals surface area contributed by atoms with Crippen LogP contribution < -0.4 is 4.74 Å². The number of hydrogen-bond donors (Lipinski definition) is 0. The molecule has 4 nitrogen and oxygen atoms in total. The Morgan fingerprint density at radius 1 is 1.14 bits per heavy atom. The normalized spacial score (nSPS) is 19.2. The van der Waals surface area contributed by atoms with Gasteiger partial charge in [0.2, 0.25) is 0 Å². The molecule has 0 aliphatic heterocycles. The van der Waals surface area contributed by atoms with Crippen molar-refractivity contribution in [1.82, 2.24) is 9.97 Å². The predicted octanol–water partition coefficient (Wildman–Crippen LogP) is 5.57. The van der Waals surface area contributed by atoms with Crippen molar-refractivity contribution in [3.05, 3.63) is 53.4 Å². The zero-order chi connectivity index (χ0) is 19.8. The molecule has 0 bridgehead atoms. The van der Waals surface area contributed by atoms with Crippen LogP contribution in [0.25, 0.3) is 0 Å². The van der Waals surface area contributed by atoms with E-state index in [4.69, 9.17) is 10.00 Å². The molecule has 1 aliphatic carbocycles. The summed E-state index contributed by atoms with van der Waals surface area (Å²) < 4.78 is 19.4.